The van der Waals surface area contributed by atoms with Crippen molar-refractivity contribution < 1.29 is 18.0 Å². The van der Waals surface area contributed by atoms with Crippen LogP contribution in [0.2, 0.25) is 54.4 Å². The molecule has 33 heavy (non-hydrogen) atoms. The van der Waals surface area contributed by atoms with Crippen molar-refractivity contribution >= 4 is 40.9 Å². The minimum atomic E-state index is -2.11. The summed E-state index contributed by atoms with van der Waals surface area (Å²) in [6.07, 6.45) is 1.32. The van der Waals surface area contributed by atoms with E-state index in [1.807, 2.05) is 0 Å². The standard InChI is InChI=1S/C25H53BrO4Si3/c1-23(2,3)31(11,12)28-19-17-18(26)20(27-10)22(30-33(15,16)25(7,8)9)21(19)29-32(13,14)24(4,5)6/h17,19-22H,1-16H3/t19-,20+,21+,22+/m0/s1. The van der Waals surface area contributed by atoms with Gasteiger partial charge in [0.2, 0.25) is 0 Å². The van der Waals surface area contributed by atoms with E-state index in [2.05, 4.69) is 124 Å². The van der Waals surface area contributed by atoms with Crippen LogP contribution in [0.5, 0.6) is 0 Å². The van der Waals surface area contributed by atoms with E-state index in [9.17, 15) is 0 Å². The van der Waals surface area contributed by atoms with Gasteiger partial charge in [-0.1, -0.05) is 78.2 Å². The second kappa shape index (κ2) is 10.2. The molecule has 1 aliphatic carbocycles. The second-order valence-electron chi connectivity index (χ2n) is 14.2. The van der Waals surface area contributed by atoms with Crippen LogP contribution in [0.15, 0.2) is 10.6 Å². The average molecular weight is 582 g/mol. The van der Waals surface area contributed by atoms with E-state index in [4.69, 9.17) is 18.0 Å². The number of rotatable bonds is 7. The van der Waals surface area contributed by atoms with Crippen LogP contribution in [0.1, 0.15) is 62.3 Å². The largest absolute Gasteiger partial charge is 0.408 e. The van der Waals surface area contributed by atoms with Crippen molar-refractivity contribution in [2.45, 2.75) is 141 Å². The first-order chi connectivity index (χ1) is 14.4. The summed E-state index contributed by atoms with van der Waals surface area (Å²) in [7, 11) is -4.51. The normalized spacial score (nSPS) is 26.4. The van der Waals surface area contributed by atoms with Crippen LogP contribution in [0.25, 0.3) is 0 Å². The first kappa shape index (κ1) is 31.7. The Morgan fingerprint density at radius 3 is 1.30 bits per heavy atom. The van der Waals surface area contributed by atoms with Crippen LogP contribution in [0, 0.1) is 0 Å². The van der Waals surface area contributed by atoms with E-state index < -0.39 is 25.0 Å². The number of hydrogen-bond acceptors (Lipinski definition) is 4. The highest BCUT2D eigenvalue weighted by Crippen LogP contribution is 2.46. The molecular formula is C25H53BrO4Si3. The molecule has 0 amide bonds. The highest BCUT2D eigenvalue weighted by molar-refractivity contribution is 9.11. The zero-order valence-corrected chi connectivity index (χ0v) is 29.0. The second-order valence-corrected chi connectivity index (χ2v) is 29.4. The quantitative estimate of drug-likeness (QED) is 0.283. The number of halogens is 1. The molecular weight excluding hydrogens is 528 g/mol. The lowest BCUT2D eigenvalue weighted by Gasteiger charge is -2.51. The third kappa shape index (κ3) is 7.37. The Labute approximate surface area is 217 Å². The van der Waals surface area contributed by atoms with Crippen molar-refractivity contribution in [3.05, 3.63) is 10.6 Å². The first-order valence-corrected chi connectivity index (χ1v) is 21.8. The van der Waals surface area contributed by atoms with Gasteiger partial charge in [0, 0.05) is 11.6 Å². The monoisotopic (exact) mass is 580 g/mol. The maximum Gasteiger partial charge on any atom is 0.193 e. The molecule has 4 nitrogen and oxygen atoms in total. The van der Waals surface area contributed by atoms with Crippen LogP contribution in [0.4, 0.5) is 0 Å². The van der Waals surface area contributed by atoms with Gasteiger partial charge < -0.3 is 18.0 Å². The lowest BCUT2D eigenvalue weighted by atomic mass is 9.96. The van der Waals surface area contributed by atoms with Gasteiger partial charge in [-0.25, -0.2) is 0 Å². The third-order valence-electron chi connectivity index (χ3n) is 8.51. The van der Waals surface area contributed by atoms with Crippen LogP contribution in [-0.2, 0) is 18.0 Å². The summed E-state index contributed by atoms with van der Waals surface area (Å²) in [4.78, 5) is 0. The fraction of sp³-hybridized carbons (Fsp3) is 0.920. The maximum atomic E-state index is 7.15. The molecule has 0 heterocycles. The van der Waals surface area contributed by atoms with Crippen molar-refractivity contribution in [3.63, 3.8) is 0 Å². The van der Waals surface area contributed by atoms with Gasteiger partial charge >= 0.3 is 0 Å². The van der Waals surface area contributed by atoms with E-state index in [1.165, 1.54) is 0 Å². The number of ether oxygens (including phenoxy) is 1. The molecule has 196 valence electrons. The Morgan fingerprint density at radius 1 is 0.636 bits per heavy atom. The molecule has 0 fully saturated rings. The minimum absolute atomic E-state index is 0.0796. The molecule has 0 bridgehead atoms. The summed E-state index contributed by atoms with van der Waals surface area (Å²) >= 11 is 3.82. The topological polar surface area (TPSA) is 36.9 Å². The van der Waals surface area contributed by atoms with Gasteiger partial charge in [-0.05, 0) is 60.5 Å². The summed E-state index contributed by atoms with van der Waals surface area (Å²) in [5.41, 5.74) is 0. The molecule has 1 aliphatic rings. The molecule has 0 saturated heterocycles. The van der Waals surface area contributed by atoms with E-state index >= 15 is 0 Å². The molecule has 1 rings (SSSR count). The Hall–Kier alpha value is 0.711. The van der Waals surface area contributed by atoms with Crippen LogP contribution < -0.4 is 0 Å². The molecule has 0 spiro atoms. The van der Waals surface area contributed by atoms with Gasteiger partial charge in [-0.15, -0.1) is 0 Å². The van der Waals surface area contributed by atoms with Crippen molar-refractivity contribution in [1.29, 1.82) is 0 Å². The first-order valence-electron chi connectivity index (χ1n) is 12.3. The van der Waals surface area contributed by atoms with Crippen LogP contribution in [0.3, 0.4) is 0 Å². The smallest absolute Gasteiger partial charge is 0.193 e. The van der Waals surface area contributed by atoms with Crippen molar-refractivity contribution in [1.82, 2.24) is 0 Å². The maximum absolute atomic E-state index is 7.15. The SMILES string of the molecule is CO[C@@H]1C(Br)=C[C@H](O[Si](C)(C)C(C)(C)C)[C@@H](O[Si](C)(C)C(C)(C)C)[C@@H]1O[Si](C)(C)C(C)(C)C. The van der Waals surface area contributed by atoms with Crippen molar-refractivity contribution in [3.8, 4) is 0 Å². The summed E-state index contributed by atoms with van der Waals surface area (Å²) in [6, 6.07) is 0. The average Bonchev–Trinajstić information content (AvgIpc) is 2.54. The van der Waals surface area contributed by atoms with Gasteiger partial charge in [0.05, 0.1) is 6.10 Å². The van der Waals surface area contributed by atoms with Crippen molar-refractivity contribution in [2.75, 3.05) is 7.11 Å². The van der Waals surface area contributed by atoms with Crippen LogP contribution in [-0.4, -0.2) is 56.5 Å². The Bertz CT molecular complexity index is 700. The molecule has 0 radical (unpaired) electrons. The summed E-state index contributed by atoms with van der Waals surface area (Å²) < 4.78 is 28.3. The number of methoxy groups -OCH3 is 1. The lowest BCUT2D eigenvalue weighted by Crippen LogP contribution is -2.62. The van der Waals surface area contributed by atoms with E-state index in [0.29, 0.717) is 0 Å². The highest BCUT2D eigenvalue weighted by Gasteiger charge is 2.53. The summed E-state index contributed by atoms with van der Waals surface area (Å²) in [5, 5.41) is 0.260. The highest BCUT2D eigenvalue weighted by atomic mass is 79.9. The summed E-state index contributed by atoms with van der Waals surface area (Å²) in [6.45, 7) is 34.4. The van der Waals surface area contributed by atoms with Gasteiger partial charge in [-0.2, -0.15) is 0 Å². The molecule has 0 saturated carbocycles. The van der Waals surface area contributed by atoms with Crippen molar-refractivity contribution in [2.24, 2.45) is 0 Å². The Kier molecular flexibility index (Phi) is 9.84. The zero-order chi connectivity index (χ0) is 26.4. The molecule has 0 N–H and O–H groups in total. The molecule has 0 aromatic carbocycles. The lowest BCUT2D eigenvalue weighted by molar-refractivity contribution is -0.0835. The Balaban J connectivity index is 3.63. The Morgan fingerprint density at radius 2 is 0.970 bits per heavy atom. The van der Waals surface area contributed by atoms with Gasteiger partial charge in [0.25, 0.3) is 0 Å². The number of hydrogen-bond donors (Lipinski definition) is 0. The predicted octanol–water partition coefficient (Wildman–Crippen LogP) is 8.47. The van der Waals surface area contributed by atoms with E-state index in [1.54, 1.807) is 7.11 Å². The fourth-order valence-corrected chi connectivity index (χ4v) is 7.56. The molecule has 0 aromatic rings. The minimum Gasteiger partial charge on any atom is -0.408 e. The molecule has 0 aliphatic heterocycles. The molecule has 0 aromatic heterocycles. The predicted molar refractivity (Wildman–Crippen MR) is 154 cm³/mol. The van der Waals surface area contributed by atoms with Gasteiger partial charge in [0.15, 0.2) is 25.0 Å². The summed E-state index contributed by atoms with van der Waals surface area (Å²) in [5.74, 6) is 0. The van der Waals surface area contributed by atoms with Gasteiger partial charge in [-0.3, -0.25) is 0 Å². The zero-order valence-electron chi connectivity index (χ0n) is 24.4. The van der Waals surface area contributed by atoms with Gasteiger partial charge in [0.1, 0.15) is 18.3 Å². The van der Waals surface area contributed by atoms with E-state index in [0.717, 1.165) is 4.48 Å². The van der Waals surface area contributed by atoms with E-state index in [-0.39, 0.29) is 39.5 Å². The molecule has 4 atom stereocenters. The molecule has 8 heteroatoms. The third-order valence-corrected chi connectivity index (χ3v) is 22.6. The fourth-order valence-electron chi connectivity index (χ4n) is 3.02. The van der Waals surface area contributed by atoms with Crippen LogP contribution >= 0.6 is 15.9 Å². The molecule has 0 unspecified atom stereocenters.